The zero-order valence-electron chi connectivity index (χ0n) is 42.6. The highest BCUT2D eigenvalue weighted by atomic mass is 16.5. The topological polar surface area (TPSA) is 89.9 Å². The molecule has 62 heavy (non-hydrogen) atoms. The Morgan fingerprint density at radius 1 is 0.403 bits per heavy atom. The molecule has 1 N–H and O–H groups in total. The Kier molecular flexibility index (Phi) is 43.7. The number of ketones is 1. The maximum Gasteiger partial charge on any atom is 0.306 e. The molecule has 0 saturated heterocycles. The van der Waals surface area contributed by atoms with Crippen molar-refractivity contribution < 1.29 is 29.0 Å². The van der Waals surface area contributed by atoms with Crippen LogP contribution < -0.4 is 0 Å². The van der Waals surface area contributed by atoms with Gasteiger partial charge in [-0.3, -0.25) is 9.59 Å². The molecule has 0 aromatic carbocycles. The molecule has 0 saturated carbocycles. The predicted molar refractivity (Wildman–Crippen MR) is 266 cm³/mol. The van der Waals surface area contributed by atoms with Crippen molar-refractivity contribution in [3.8, 4) is 0 Å². The average Bonchev–Trinajstić information content (AvgIpc) is 3.24. The number of carbonyl (C=O) groups excluding carboxylic acids is 3. The largest absolute Gasteiger partial charge is 0.462 e. The number of unbranched alkanes of at least 4 members (excludes halogenated alkanes) is 28. The van der Waals surface area contributed by atoms with Crippen LogP contribution in [-0.2, 0) is 23.9 Å². The summed E-state index contributed by atoms with van der Waals surface area (Å²) in [4.78, 5) is 37.0. The summed E-state index contributed by atoms with van der Waals surface area (Å²) in [5, 5.41) is 10.2. The van der Waals surface area contributed by atoms with Crippen LogP contribution in [0, 0.1) is 5.41 Å². The van der Waals surface area contributed by atoms with Crippen molar-refractivity contribution in [2.45, 2.75) is 336 Å². The van der Waals surface area contributed by atoms with Crippen molar-refractivity contribution in [3.05, 3.63) is 0 Å². The fourth-order valence-corrected chi connectivity index (χ4v) is 9.07. The molecule has 0 aromatic rings. The zero-order valence-corrected chi connectivity index (χ0v) is 42.6. The molecule has 3 unspecified atom stereocenters. The van der Waals surface area contributed by atoms with Gasteiger partial charge in [0.15, 0.2) is 0 Å². The summed E-state index contributed by atoms with van der Waals surface area (Å²) in [5.74, 6) is 0.302. The van der Waals surface area contributed by atoms with Crippen LogP contribution in [0.4, 0.5) is 0 Å². The monoisotopic (exact) mass is 877 g/mol. The van der Waals surface area contributed by atoms with Gasteiger partial charge in [-0.15, -0.1) is 0 Å². The second-order valence-corrected chi connectivity index (χ2v) is 20.3. The van der Waals surface area contributed by atoms with Gasteiger partial charge in [0.2, 0.25) is 0 Å². The van der Waals surface area contributed by atoms with Crippen LogP contribution in [0.15, 0.2) is 0 Å². The normalized spacial score (nSPS) is 13.3. The van der Waals surface area contributed by atoms with Crippen LogP contribution in [0.5, 0.6) is 0 Å². The SMILES string of the molecule is CCCCCCC(O)CCCCCCCCCCC(=O)OC(CCCCCC)CCCCCCCCCCC(=O)OC(CCCCCC)C(C)(C)CCCCCCCCC(C)=O. The molecule has 0 heterocycles. The molecule has 0 aliphatic rings. The van der Waals surface area contributed by atoms with Crippen LogP contribution in [0.25, 0.3) is 0 Å². The van der Waals surface area contributed by atoms with Crippen molar-refractivity contribution >= 4 is 17.7 Å². The van der Waals surface area contributed by atoms with Gasteiger partial charge in [0.05, 0.1) is 6.10 Å². The Bertz CT molecular complexity index is 993. The van der Waals surface area contributed by atoms with Crippen LogP contribution in [0.3, 0.4) is 0 Å². The molecule has 6 nitrogen and oxygen atoms in total. The molecule has 368 valence electrons. The average molecular weight is 877 g/mol. The molecular formula is C56H108O6. The van der Waals surface area contributed by atoms with E-state index in [1.807, 2.05) is 0 Å². The number of Topliss-reactive ketones (excluding diaryl/α,β-unsaturated/α-hetero) is 1. The van der Waals surface area contributed by atoms with Crippen LogP contribution in [-0.4, -0.2) is 41.1 Å². The first-order valence-corrected chi connectivity index (χ1v) is 27.6. The molecule has 0 aliphatic carbocycles. The van der Waals surface area contributed by atoms with Gasteiger partial charge in [-0.25, -0.2) is 0 Å². The summed E-state index contributed by atoms with van der Waals surface area (Å²) < 4.78 is 12.3. The van der Waals surface area contributed by atoms with E-state index < -0.39 is 0 Å². The Morgan fingerprint density at radius 2 is 0.726 bits per heavy atom. The lowest BCUT2D eigenvalue weighted by molar-refractivity contribution is -0.156. The minimum absolute atomic E-state index is 0.000474. The molecule has 0 fully saturated rings. The van der Waals surface area contributed by atoms with E-state index in [1.165, 1.54) is 154 Å². The van der Waals surface area contributed by atoms with E-state index in [4.69, 9.17) is 9.47 Å². The fraction of sp³-hybridized carbons (Fsp3) is 0.946. The lowest BCUT2D eigenvalue weighted by Crippen LogP contribution is -2.34. The first kappa shape index (κ1) is 60.6. The van der Waals surface area contributed by atoms with Gasteiger partial charge >= 0.3 is 11.9 Å². The predicted octanol–water partition coefficient (Wildman–Crippen LogP) is 17.6. The van der Waals surface area contributed by atoms with Crippen LogP contribution in [0.2, 0.25) is 0 Å². The molecule has 0 rings (SSSR count). The molecule has 0 aromatic heterocycles. The number of carbonyl (C=O) groups is 3. The molecule has 0 spiro atoms. The van der Waals surface area contributed by atoms with E-state index in [0.29, 0.717) is 18.6 Å². The number of rotatable bonds is 49. The van der Waals surface area contributed by atoms with Crippen molar-refractivity contribution in [1.82, 2.24) is 0 Å². The third-order valence-electron chi connectivity index (χ3n) is 13.5. The van der Waals surface area contributed by atoms with Crippen LogP contribution in [0.1, 0.15) is 318 Å². The summed E-state index contributed by atoms with van der Waals surface area (Å²) >= 11 is 0. The van der Waals surface area contributed by atoms with Crippen LogP contribution >= 0.6 is 0 Å². The van der Waals surface area contributed by atoms with E-state index in [-0.39, 0.29) is 35.7 Å². The van der Waals surface area contributed by atoms with Crippen molar-refractivity contribution in [2.75, 3.05) is 0 Å². The van der Waals surface area contributed by atoms with E-state index in [9.17, 15) is 19.5 Å². The molecule has 0 radical (unpaired) electrons. The zero-order chi connectivity index (χ0) is 45.8. The van der Waals surface area contributed by atoms with E-state index in [1.54, 1.807) is 6.92 Å². The summed E-state index contributed by atoms with van der Waals surface area (Å²) in [6.45, 7) is 13.0. The highest BCUT2D eigenvalue weighted by Gasteiger charge is 2.32. The molecule has 0 aliphatic heterocycles. The van der Waals surface area contributed by atoms with Gasteiger partial charge in [-0.2, -0.15) is 0 Å². The smallest absolute Gasteiger partial charge is 0.306 e. The third kappa shape index (κ3) is 41.3. The standard InChI is InChI=1S/C56H108O6/c1-7-10-13-33-42-51(58)43-34-27-20-16-18-22-29-38-47-54(59)61-52(44-35-14-11-8-2)45-36-28-21-17-19-23-30-39-48-55(60)62-53(46-37-15-12-9-3)56(5,6)49-40-31-25-24-26-32-41-50(4)57/h51-53,58H,7-49H2,1-6H3. The Labute approximate surface area is 386 Å². The molecule has 3 atom stereocenters. The molecule has 0 bridgehead atoms. The third-order valence-corrected chi connectivity index (χ3v) is 13.5. The molecular weight excluding hydrogens is 769 g/mol. The Morgan fingerprint density at radius 3 is 1.15 bits per heavy atom. The summed E-state index contributed by atoms with van der Waals surface area (Å²) in [6, 6.07) is 0. The van der Waals surface area contributed by atoms with Crippen molar-refractivity contribution in [3.63, 3.8) is 0 Å². The minimum atomic E-state index is -0.101. The van der Waals surface area contributed by atoms with Gasteiger partial charge < -0.3 is 19.4 Å². The van der Waals surface area contributed by atoms with E-state index >= 15 is 0 Å². The summed E-state index contributed by atoms with van der Waals surface area (Å²) in [5.41, 5.74) is -0.00685. The van der Waals surface area contributed by atoms with Gasteiger partial charge in [0.25, 0.3) is 0 Å². The number of hydrogen-bond acceptors (Lipinski definition) is 6. The van der Waals surface area contributed by atoms with Gasteiger partial charge in [0.1, 0.15) is 18.0 Å². The first-order chi connectivity index (χ1) is 30.0. The second kappa shape index (κ2) is 44.8. The van der Waals surface area contributed by atoms with Gasteiger partial charge in [0, 0.05) is 24.7 Å². The fourth-order valence-electron chi connectivity index (χ4n) is 9.07. The summed E-state index contributed by atoms with van der Waals surface area (Å²) in [7, 11) is 0. The number of aliphatic hydroxyl groups excluding tert-OH is 1. The van der Waals surface area contributed by atoms with E-state index in [0.717, 1.165) is 109 Å². The maximum atomic E-state index is 13.0. The molecule has 0 amide bonds. The highest BCUT2D eigenvalue weighted by Crippen LogP contribution is 2.34. The maximum absolute atomic E-state index is 13.0. The number of hydrogen-bond donors (Lipinski definition) is 1. The lowest BCUT2D eigenvalue weighted by Gasteiger charge is -2.34. The Hall–Kier alpha value is -1.43. The number of aliphatic hydroxyl groups is 1. The minimum Gasteiger partial charge on any atom is -0.462 e. The number of esters is 2. The highest BCUT2D eigenvalue weighted by molar-refractivity contribution is 5.75. The Balaban J connectivity index is 4.25. The van der Waals surface area contributed by atoms with E-state index in [2.05, 4.69) is 34.6 Å². The first-order valence-electron chi connectivity index (χ1n) is 27.6. The van der Waals surface area contributed by atoms with Crippen molar-refractivity contribution in [1.29, 1.82) is 0 Å². The van der Waals surface area contributed by atoms with Crippen molar-refractivity contribution in [2.24, 2.45) is 5.41 Å². The summed E-state index contributed by atoms with van der Waals surface area (Å²) in [6.07, 6.45) is 48.0. The van der Waals surface area contributed by atoms with Gasteiger partial charge in [-0.1, -0.05) is 214 Å². The molecule has 6 heteroatoms. The quantitative estimate of drug-likeness (QED) is 0.0484. The lowest BCUT2D eigenvalue weighted by atomic mass is 9.79. The second-order valence-electron chi connectivity index (χ2n) is 20.3. The van der Waals surface area contributed by atoms with Gasteiger partial charge in [-0.05, 0) is 84.0 Å². The number of ether oxygens (including phenoxy) is 2.